The largest absolute Gasteiger partial charge is 0.378 e. The summed E-state index contributed by atoms with van der Waals surface area (Å²) in [6.07, 6.45) is 6.85. The van der Waals surface area contributed by atoms with Crippen LogP contribution in [0.25, 0.3) is 11.6 Å². The summed E-state index contributed by atoms with van der Waals surface area (Å²) in [6.45, 7) is 6.25. The van der Waals surface area contributed by atoms with Crippen LogP contribution in [0.5, 0.6) is 0 Å². The number of aliphatic hydroxyl groups is 1. The molecule has 0 bridgehead atoms. The first-order chi connectivity index (χ1) is 14.5. The van der Waals surface area contributed by atoms with E-state index in [-0.39, 0.29) is 0 Å². The van der Waals surface area contributed by atoms with Crippen LogP contribution in [-0.2, 0) is 6.54 Å². The van der Waals surface area contributed by atoms with Crippen LogP contribution in [-0.4, -0.2) is 48.8 Å². The molecule has 7 nitrogen and oxygen atoms in total. The zero-order valence-electron chi connectivity index (χ0n) is 17.2. The summed E-state index contributed by atoms with van der Waals surface area (Å²) in [6, 6.07) is 8.22. The standard InChI is InChI=1S/C23H25N5O2/c1-23(2,29)10-7-17-3-5-18(6-4-17)16-28-13-8-19(9-14-28)21-26-22(30-27-21)20-15-24-11-12-25-20/h3-6,11-12,15,19,29H,8-9,13-14,16H2,1-2H3. The van der Waals surface area contributed by atoms with Gasteiger partial charge in [0.05, 0.1) is 6.20 Å². The van der Waals surface area contributed by atoms with E-state index in [9.17, 15) is 5.11 Å². The lowest BCUT2D eigenvalue weighted by atomic mass is 9.96. The molecule has 0 radical (unpaired) electrons. The van der Waals surface area contributed by atoms with E-state index in [1.54, 1.807) is 32.4 Å². The first-order valence-corrected chi connectivity index (χ1v) is 10.1. The molecule has 0 amide bonds. The fourth-order valence-corrected chi connectivity index (χ4v) is 3.44. The van der Waals surface area contributed by atoms with Gasteiger partial charge < -0.3 is 9.63 Å². The predicted octanol–water partition coefficient (Wildman–Crippen LogP) is 3.03. The summed E-state index contributed by atoms with van der Waals surface area (Å²) in [5.41, 5.74) is 1.79. The van der Waals surface area contributed by atoms with Gasteiger partial charge in [0.2, 0.25) is 0 Å². The van der Waals surface area contributed by atoms with Crippen molar-refractivity contribution >= 4 is 0 Å². The zero-order chi connectivity index (χ0) is 21.0. The molecule has 2 aromatic heterocycles. The normalized spacial score (nSPS) is 15.6. The maximum atomic E-state index is 9.71. The van der Waals surface area contributed by atoms with E-state index in [1.807, 2.05) is 12.1 Å². The highest BCUT2D eigenvalue weighted by molar-refractivity contribution is 5.43. The van der Waals surface area contributed by atoms with Crippen molar-refractivity contribution < 1.29 is 9.63 Å². The summed E-state index contributed by atoms with van der Waals surface area (Å²) in [4.78, 5) is 15.2. The fourth-order valence-electron chi connectivity index (χ4n) is 3.44. The Balaban J connectivity index is 1.31. The van der Waals surface area contributed by atoms with E-state index in [1.165, 1.54) is 5.56 Å². The van der Waals surface area contributed by atoms with E-state index < -0.39 is 5.60 Å². The van der Waals surface area contributed by atoms with Crippen LogP contribution in [0.3, 0.4) is 0 Å². The molecule has 0 atom stereocenters. The van der Waals surface area contributed by atoms with E-state index in [2.05, 4.69) is 49.0 Å². The minimum Gasteiger partial charge on any atom is -0.378 e. The highest BCUT2D eigenvalue weighted by Crippen LogP contribution is 2.28. The van der Waals surface area contributed by atoms with Gasteiger partial charge in [-0.25, -0.2) is 4.98 Å². The molecule has 0 saturated carbocycles. The molecule has 1 saturated heterocycles. The van der Waals surface area contributed by atoms with Gasteiger partial charge in [0.25, 0.3) is 5.89 Å². The number of aromatic nitrogens is 4. The second-order valence-corrected chi connectivity index (χ2v) is 8.10. The van der Waals surface area contributed by atoms with E-state index in [0.29, 0.717) is 17.5 Å². The molecule has 4 rings (SSSR count). The van der Waals surface area contributed by atoms with Gasteiger partial charge in [0.15, 0.2) is 5.82 Å². The second kappa shape index (κ2) is 8.74. The molecule has 3 aromatic rings. The summed E-state index contributed by atoms with van der Waals surface area (Å²) >= 11 is 0. The van der Waals surface area contributed by atoms with Gasteiger partial charge >= 0.3 is 0 Å². The molecule has 1 aliphatic heterocycles. The number of hydrogen-bond acceptors (Lipinski definition) is 7. The van der Waals surface area contributed by atoms with Gasteiger partial charge in [0, 0.05) is 30.4 Å². The quantitative estimate of drug-likeness (QED) is 0.670. The lowest BCUT2D eigenvalue weighted by Gasteiger charge is -2.30. The van der Waals surface area contributed by atoms with Crippen molar-refractivity contribution in [2.45, 2.75) is 44.8 Å². The Morgan fingerprint density at radius 3 is 2.60 bits per heavy atom. The molecule has 30 heavy (non-hydrogen) atoms. The van der Waals surface area contributed by atoms with Crippen molar-refractivity contribution in [1.82, 2.24) is 25.0 Å². The monoisotopic (exact) mass is 403 g/mol. The zero-order valence-corrected chi connectivity index (χ0v) is 17.2. The lowest BCUT2D eigenvalue weighted by molar-refractivity contribution is 0.143. The van der Waals surface area contributed by atoms with E-state index >= 15 is 0 Å². The number of benzene rings is 1. The first-order valence-electron chi connectivity index (χ1n) is 10.1. The maximum absolute atomic E-state index is 9.71. The number of hydrogen-bond donors (Lipinski definition) is 1. The van der Waals surface area contributed by atoms with E-state index in [0.717, 1.165) is 43.9 Å². The Hall–Kier alpha value is -3.08. The van der Waals surface area contributed by atoms with Crippen molar-refractivity contribution in [3.63, 3.8) is 0 Å². The van der Waals surface area contributed by atoms with Crippen molar-refractivity contribution in [2.24, 2.45) is 0 Å². The van der Waals surface area contributed by atoms with Gasteiger partial charge in [-0.05, 0) is 57.5 Å². The van der Waals surface area contributed by atoms with Gasteiger partial charge in [0.1, 0.15) is 11.3 Å². The lowest BCUT2D eigenvalue weighted by Crippen LogP contribution is -2.32. The Kier molecular flexibility index (Phi) is 5.88. The SMILES string of the molecule is CC(C)(O)C#Cc1ccc(CN2CCC(c3noc(-c4cnccn4)n3)CC2)cc1. The Morgan fingerprint density at radius 2 is 1.93 bits per heavy atom. The average molecular weight is 403 g/mol. The van der Waals surface area contributed by atoms with E-state index in [4.69, 9.17) is 4.52 Å². The Labute approximate surface area is 176 Å². The van der Waals surface area contributed by atoms with Crippen molar-refractivity contribution in [2.75, 3.05) is 13.1 Å². The predicted molar refractivity (Wildman–Crippen MR) is 112 cm³/mol. The molecular weight excluding hydrogens is 378 g/mol. The Morgan fingerprint density at radius 1 is 1.17 bits per heavy atom. The molecule has 1 N–H and O–H groups in total. The van der Waals surface area contributed by atoms with Crippen LogP contribution in [0.15, 0.2) is 47.4 Å². The minimum atomic E-state index is -0.975. The van der Waals surface area contributed by atoms with Crippen molar-refractivity contribution in [3.05, 3.63) is 59.8 Å². The summed E-state index contributed by atoms with van der Waals surface area (Å²) in [5, 5.41) is 13.9. The van der Waals surface area contributed by atoms with Crippen LogP contribution < -0.4 is 0 Å². The molecule has 7 heteroatoms. The molecular formula is C23H25N5O2. The summed E-state index contributed by atoms with van der Waals surface area (Å²) in [7, 11) is 0. The molecule has 1 aromatic carbocycles. The summed E-state index contributed by atoms with van der Waals surface area (Å²) in [5.74, 6) is 7.33. The number of rotatable bonds is 4. The van der Waals surface area contributed by atoms with Gasteiger partial charge in [-0.3, -0.25) is 9.88 Å². The molecule has 3 heterocycles. The van der Waals surface area contributed by atoms with Crippen LogP contribution >= 0.6 is 0 Å². The van der Waals surface area contributed by atoms with Gasteiger partial charge in [-0.2, -0.15) is 4.98 Å². The third-order valence-electron chi connectivity index (χ3n) is 5.05. The molecule has 1 fully saturated rings. The molecule has 1 aliphatic rings. The van der Waals surface area contributed by atoms with Gasteiger partial charge in [-0.15, -0.1) is 0 Å². The maximum Gasteiger partial charge on any atom is 0.278 e. The fraction of sp³-hybridized carbons (Fsp3) is 0.391. The number of piperidine rings is 1. The average Bonchev–Trinajstić information content (AvgIpc) is 3.24. The highest BCUT2D eigenvalue weighted by Gasteiger charge is 2.25. The topological polar surface area (TPSA) is 88.2 Å². The van der Waals surface area contributed by atoms with Gasteiger partial charge in [-0.1, -0.05) is 29.1 Å². The van der Waals surface area contributed by atoms with Crippen LogP contribution in [0, 0.1) is 11.8 Å². The smallest absolute Gasteiger partial charge is 0.278 e. The number of likely N-dealkylation sites (tertiary alicyclic amines) is 1. The minimum absolute atomic E-state index is 0.301. The third-order valence-corrected chi connectivity index (χ3v) is 5.05. The third kappa shape index (κ3) is 5.29. The highest BCUT2D eigenvalue weighted by atomic mass is 16.5. The van der Waals surface area contributed by atoms with Crippen molar-refractivity contribution in [3.8, 4) is 23.4 Å². The molecule has 154 valence electrons. The van der Waals surface area contributed by atoms with Crippen LogP contribution in [0.4, 0.5) is 0 Å². The number of nitrogens with zero attached hydrogens (tertiary/aromatic N) is 5. The molecule has 0 unspecified atom stereocenters. The molecule has 0 aliphatic carbocycles. The summed E-state index contributed by atoms with van der Waals surface area (Å²) < 4.78 is 5.37. The Bertz CT molecular complexity index is 1020. The van der Waals surface area contributed by atoms with Crippen molar-refractivity contribution in [1.29, 1.82) is 0 Å². The molecule has 0 spiro atoms. The van der Waals surface area contributed by atoms with Crippen LogP contribution in [0.1, 0.15) is 49.6 Å². The second-order valence-electron chi connectivity index (χ2n) is 8.10. The first kappa shape index (κ1) is 20.2. The van der Waals surface area contributed by atoms with Crippen LogP contribution in [0.2, 0.25) is 0 Å².